The average Bonchev–Trinajstić information content (AvgIpc) is 2.61. The Balaban J connectivity index is 2.34. The molecule has 0 saturated carbocycles. The maximum Gasteiger partial charge on any atom is 0.222 e. The highest BCUT2D eigenvalue weighted by Gasteiger charge is 2.15. The summed E-state index contributed by atoms with van der Waals surface area (Å²) < 4.78 is 7.58. The van der Waals surface area contributed by atoms with Crippen molar-refractivity contribution in [1.29, 1.82) is 0 Å². The van der Waals surface area contributed by atoms with Gasteiger partial charge in [0, 0.05) is 19.7 Å². The second-order valence-corrected chi connectivity index (χ2v) is 5.02. The maximum absolute atomic E-state index is 5.98. The standard InChI is InChI=1S/C13H15Cl2N3O/c1-8-10(7-16-2)13(18(3)17-8)19-9-4-5-11(14)12(15)6-9/h4-6,16H,7H2,1-3H3. The van der Waals surface area contributed by atoms with Gasteiger partial charge in [0.15, 0.2) is 0 Å². The monoisotopic (exact) mass is 299 g/mol. The van der Waals surface area contributed by atoms with Gasteiger partial charge in [-0.05, 0) is 26.1 Å². The first-order valence-electron chi connectivity index (χ1n) is 5.83. The molecule has 0 saturated heterocycles. The summed E-state index contributed by atoms with van der Waals surface area (Å²) in [4.78, 5) is 0. The molecule has 2 aromatic rings. The lowest BCUT2D eigenvalue weighted by atomic mass is 10.2. The van der Waals surface area contributed by atoms with Gasteiger partial charge in [0.25, 0.3) is 0 Å². The van der Waals surface area contributed by atoms with E-state index in [1.54, 1.807) is 22.9 Å². The van der Waals surface area contributed by atoms with Crippen molar-refractivity contribution in [2.75, 3.05) is 7.05 Å². The predicted molar refractivity (Wildman–Crippen MR) is 77.2 cm³/mol. The molecule has 0 spiro atoms. The number of aromatic nitrogens is 2. The Morgan fingerprint density at radius 1 is 1.32 bits per heavy atom. The third kappa shape index (κ3) is 3.03. The molecule has 19 heavy (non-hydrogen) atoms. The normalized spacial score (nSPS) is 10.8. The minimum atomic E-state index is 0.466. The number of halogens is 2. The summed E-state index contributed by atoms with van der Waals surface area (Å²) in [5.41, 5.74) is 1.96. The predicted octanol–water partition coefficient (Wildman–Crippen LogP) is 3.55. The highest BCUT2D eigenvalue weighted by Crippen LogP contribution is 2.31. The first kappa shape index (κ1) is 14.2. The smallest absolute Gasteiger partial charge is 0.222 e. The van der Waals surface area contributed by atoms with Crippen molar-refractivity contribution in [3.8, 4) is 11.6 Å². The van der Waals surface area contributed by atoms with Crippen LogP contribution in [0.15, 0.2) is 18.2 Å². The molecule has 0 amide bonds. The van der Waals surface area contributed by atoms with Crippen molar-refractivity contribution in [2.24, 2.45) is 7.05 Å². The quantitative estimate of drug-likeness (QED) is 0.938. The molecule has 0 unspecified atom stereocenters. The largest absolute Gasteiger partial charge is 0.439 e. The van der Waals surface area contributed by atoms with E-state index in [-0.39, 0.29) is 0 Å². The molecule has 102 valence electrons. The molecule has 0 atom stereocenters. The van der Waals surface area contributed by atoms with Crippen LogP contribution in [0.1, 0.15) is 11.3 Å². The van der Waals surface area contributed by atoms with Gasteiger partial charge in [-0.25, -0.2) is 4.68 Å². The van der Waals surface area contributed by atoms with Gasteiger partial charge >= 0.3 is 0 Å². The van der Waals surface area contributed by atoms with Crippen LogP contribution in [-0.4, -0.2) is 16.8 Å². The number of hydrogen-bond donors (Lipinski definition) is 1. The summed E-state index contributed by atoms with van der Waals surface area (Å²) >= 11 is 11.9. The van der Waals surface area contributed by atoms with Crippen LogP contribution >= 0.6 is 23.2 Å². The average molecular weight is 300 g/mol. The summed E-state index contributed by atoms with van der Waals surface area (Å²) in [6.45, 7) is 2.64. The van der Waals surface area contributed by atoms with Crippen LogP contribution in [0.25, 0.3) is 0 Å². The Kier molecular flexibility index (Phi) is 4.34. The lowest BCUT2D eigenvalue weighted by Crippen LogP contribution is -2.07. The number of rotatable bonds is 4. The van der Waals surface area contributed by atoms with E-state index in [0.717, 1.165) is 11.3 Å². The van der Waals surface area contributed by atoms with E-state index >= 15 is 0 Å². The van der Waals surface area contributed by atoms with Crippen molar-refractivity contribution in [3.05, 3.63) is 39.5 Å². The molecule has 0 aliphatic carbocycles. The fraction of sp³-hybridized carbons (Fsp3) is 0.308. The van der Waals surface area contributed by atoms with E-state index in [1.807, 2.05) is 21.0 Å². The van der Waals surface area contributed by atoms with Crippen LogP contribution in [0, 0.1) is 6.92 Å². The molecule has 0 fully saturated rings. The Morgan fingerprint density at radius 3 is 2.68 bits per heavy atom. The van der Waals surface area contributed by atoms with E-state index in [9.17, 15) is 0 Å². The molecular formula is C13H15Cl2N3O. The zero-order valence-corrected chi connectivity index (χ0v) is 12.5. The number of benzene rings is 1. The molecule has 0 aliphatic heterocycles. The molecular weight excluding hydrogens is 285 g/mol. The van der Waals surface area contributed by atoms with Gasteiger partial charge in [-0.15, -0.1) is 0 Å². The van der Waals surface area contributed by atoms with Crippen molar-refractivity contribution in [2.45, 2.75) is 13.5 Å². The molecule has 2 rings (SSSR count). The number of aryl methyl sites for hydroxylation is 2. The molecule has 4 nitrogen and oxygen atoms in total. The maximum atomic E-state index is 5.98. The first-order valence-corrected chi connectivity index (χ1v) is 6.58. The van der Waals surface area contributed by atoms with E-state index in [2.05, 4.69) is 10.4 Å². The Bertz CT molecular complexity index is 596. The van der Waals surface area contributed by atoms with Gasteiger partial charge in [0.05, 0.1) is 21.3 Å². The van der Waals surface area contributed by atoms with Crippen LogP contribution in [0.3, 0.4) is 0 Å². The summed E-state index contributed by atoms with van der Waals surface area (Å²) in [6, 6.07) is 5.18. The van der Waals surface area contributed by atoms with Gasteiger partial charge in [-0.2, -0.15) is 5.10 Å². The zero-order chi connectivity index (χ0) is 14.0. The van der Waals surface area contributed by atoms with Gasteiger partial charge in [0.1, 0.15) is 5.75 Å². The fourth-order valence-corrected chi connectivity index (χ4v) is 2.13. The summed E-state index contributed by atoms with van der Waals surface area (Å²) in [7, 11) is 3.73. The Hall–Kier alpha value is -1.23. The zero-order valence-electron chi connectivity index (χ0n) is 11.0. The van der Waals surface area contributed by atoms with Gasteiger partial charge in [-0.1, -0.05) is 23.2 Å². The molecule has 1 aromatic heterocycles. The second-order valence-electron chi connectivity index (χ2n) is 4.20. The fourth-order valence-electron chi connectivity index (χ4n) is 1.84. The second kappa shape index (κ2) is 5.82. The van der Waals surface area contributed by atoms with E-state index in [1.165, 1.54) is 0 Å². The Morgan fingerprint density at radius 2 is 2.05 bits per heavy atom. The Labute approximate surface area is 122 Å². The molecule has 0 radical (unpaired) electrons. The minimum Gasteiger partial charge on any atom is -0.439 e. The SMILES string of the molecule is CNCc1c(C)nn(C)c1Oc1ccc(Cl)c(Cl)c1. The van der Waals surface area contributed by atoms with Crippen molar-refractivity contribution < 1.29 is 4.74 Å². The third-order valence-corrected chi connectivity index (χ3v) is 3.49. The van der Waals surface area contributed by atoms with E-state index in [0.29, 0.717) is 28.2 Å². The molecule has 1 heterocycles. The lowest BCUT2D eigenvalue weighted by molar-refractivity contribution is 0.424. The summed E-state index contributed by atoms with van der Waals surface area (Å²) in [6.07, 6.45) is 0. The van der Waals surface area contributed by atoms with Crippen LogP contribution in [-0.2, 0) is 13.6 Å². The van der Waals surface area contributed by atoms with E-state index < -0.39 is 0 Å². The van der Waals surface area contributed by atoms with Gasteiger partial charge in [0.2, 0.25) is 5.88 Å². The number of hydrogen-bond acceptors (Lipinski definition) is 3. The van der Waals surface area contributed by atoms with Crippen LogP contribution in [0.4, 0.5) is 0 Å². The molecule has 6 heteroatoms. The number of nitrogens with zero attached hydrogens (tertiary/aromatic N) is 2. The molecule has 1 N–H and O–H groups in total. The van der Waals surface area contributed by atoms with E-state index in [4.69, 9.17) is 27.9 Å². The van der Waals surface area contributed by atoms with Crippen LogP contribution < -0.4 is 10.1 Å². The highest BCUT2D eigenvalue weighted by molar-refractivity contribution is 6.42. The lowest BCUT2D eigenvalue weighted by Gasteiger charge is -2.09. The molecule has 1 aromatic carbocycles. The van der Waals surface area contributed by atoms with Crippen molar-refractivity contribution in [3.63, 3.8) is 0 Å². The third-order valence-electron chi connectivity index (χ3n) is 2.75. The van der Waals surface area contributed by atoms with Gasteiger partial charge in [-0.3, -0.25) is 0 Å². The first-order chi connectivity index (χ1) is 9.02. The van der Waals surface area contributed by atoms with Crippen LogP contribution in [0.2, 0.25) is 10.0 Å². The van der Waals surface area contributed by atoms with Crippen LogP contribution in [0.5, 0.6) is 11.6 Å². The summed E-state index contributed by atoms with van der Waals surface area (Å²) in [5, 5.41) is 8.43. The number of nitrogens with one attached hydrogen (secondary N) is 1. The van der Waals surface area contributed by atoms with Gasteiger partial charge < -0.3 is 10.1 Å². The van der Waals surface area contributed by atoms with Crippen molar-refractivity contribution in [1.82, 2.24) is 15.1 Å². The van der Waals surface area contributed by atoms with Crippen molar-refractivity contribution >= 4 is 23.2 Å². The minimum absolute atomic E-state index is 0.466. The topological polar surface area (TPSA) is 39.1 Å². The molecule has 0 bridgehead atoms. The number of ether oxygens (including phenoxy) is 1. The molecule has 0 aliphatic rings. The summed E-state index contributed by atoms with van der Waals surface area (Å²) in [5.74, 6) is 1.33. The highest BCUT2D eigenvalue weighted by atomic mass is 35.5.